The second kappa shape index (κ2) is 7.27. The third kappa shape index (κ3) is 4.38. The van der Waals surface area contributed by atoms with Crippen LogP contribution in [0.1, 0.15) is 43.5 Å². The van der Waals surface area contributed by atoms with Gasteiger partial charge in [0.1, 0.15) is 0 Å². The SMILES string of the molecule is CC(NCCN(C)CC1CCCC1)c1cccs1. The molecule has 1 aliphatic rings. The van der Waals surface area contributed by atoms with Crippen molar-refractivity contribution in [1.29, 1.82) is 0 Å². The van der Waals surface area contributed by atoms with Gasteiger partial charge in [0.25, 0.3) is 0 Å². The van der Waals surface area contributed by atoms with Crippen molar-refractivity contribution in [3.63, 3.8) is 0 Å². The molecular formula is C15H26N2S. The molecule has 0 aliphatic heterocycles. The maximum atomic E-state index is 3.61. The van der Waals surface area contributed by atoms with E-state index in [9.17, 15) is 0 Å². The zero-order valence-corrected chi connectivity index (χ0v) is 12.5. The molecule has 1 fully saturated rings. The summed E-state index contributed by atoms with van der Waals surface area (Å²) in [5.41, 5.74) is 0. The molecule has 1 atom stereocenters. The monoisotopic (exact) mass is 266 g/mol. The minimum atomic E-state index is 0.491. The number of hydrogen-bond donors (Lipinski definition) is 1. The van der Waals surface area contributed by atoms with Gasteiger partial charge in [0, 0.05) is 30.6 Å². The fourth-order valence-corrected chi connectivity index (χ4v) is 3.59. The highest BCUT2D eigenvalue weighted by Gasteiger charge is 2.16. The Bertz CT molecular complexity index is 317. The van der Waals surface area contributed by atoms with Crippen molar-refractivity contribution in [3.05, 3.63) is 22.4 Å². The Morgan fingerprint density at radius 3 is 2.89 bits per heavy atom. The molecule has 18 heavy (non-hydrogen) atoms. The first-order valence-electron chi connectivity index (χ1n) is 7.21. The molecule has 1 aliphatic carbocycles. The Labute approximate surface area is 115 Å². The van der Waals surface area contributed by atoms with Gasteiger partial charge in [0.15, 0.2) is 0 Å². The fraction of sp³-hybridized carbons (Fsp3) is 0.733. The molecule has 102 valence electrons. The van der Waals surface area contributed by atoms with Crippen molar-refractivity contribution < 1.29 is 0 Å². The van der Waals surface area contributed by atoms with E-state index in [0.717, 1.165) is 19.0 Å². The molecule has 0 bridgehead atoms. The summed E-state index contributed by atoms with van der Waals surface area (Å²) in [6.45, 7) is 5.78. The predicted octanol–water partition coefficient (Wildman–Crippen LogP) is 3.52. The van der Waals surface area contributed by atoms with Crippen LogP contribution in [0.3, 0.4) is 0 Å². The maximum Gasteiger partial charge on any atom is 0.0386 e. The lowest BCUT2D eigenvalue weighted by Gasteiger charge is -2.22. The normalized spacial score (nSPS) is 18.6. The van der Waals surface area contributed by atoms with Crippen LogP contribution >= 0.6 is 11.3 Å². The minimum Gasteiger partial charge on any atom is -0.308 e. The number of hydrogen-bond acceptors (Lipinski definition) is 3. The van der Waals surface area contributed by atoms with Crippen LogP contribution in [0.5, 0.6) is 0 Å². The van der Waals surface area contributed by atoms with Crippen molar-refractivity contribution in [2.45, 2.75) is 38.6 Å². The molecule has 0 amide bonds. The highest BCUT2D eigenvalue weighted by atomic mass is 32.1. The first-order valence-corrected chi connectivity index (χ1v) is 8.09. The summed E-state index contributed by atoms with van der Waals surface area (Å²) in [5, 5.41) is 5.76. The van der Waals surface area contributed by atoms with E-state index < -0.39 is 0 Å². The molecular weight excluding hydrogens is 240 g/mol. The summed E-state index contributed by atoms with van der Waals surface area (Å²) in [6, 6.07) is 4.83. The lowest BCUT2D eigenvalue weighted by Crippen LogP contribution is -2.33. The second-order valence-corrected chi connectivity index (χ2v) is 6.58. The van der Waals surface area contributed by atoms with Gasteiger partial charge in [-0.05, 0) is 44.2 Å². The lowest BCUT2D eigenvalue weighted by molar-refractivity contribution is 0.274. The first-order chi connectivity index (χ1) is 8.75. The molecule has 0 saturated heterocycles. The molecule has 1 aromatic rings. The molecule has 0 radical (unpaired) electrons. The van der Waals surface area contributed by atoms with Gasteiger partial charge < -0.3 is 10.2 Å². The summed E-state index contributed by atoms with van der Waals surface area (Å²) < 4.78 is 0. The highest BCUT2D eigenvalue weighted by molar-refractivity contribution is 7.10. The fourth-order valence-electron chi connectivity index (χ4n) is 2.84. The zero-order chi connectivity index (χ0) is 12.8. The third-order valence-corrected chi connectivity index (χ3v) is 5.01. The van der Waals surface area contributed by atoms with E-state index >= 15 is 0 Å². The Balaban J connectivity index is 1.59. The van der Waals surface area contributed by atoms with Crippen LogP contribution in [0, 0.1) is 5.92 Å². The van der Waals surface area contributed by atoms with Crippen LogP contribution in [0.4, 0.5) is 0 Å². The van der Waals surface area contributed by atoms with E-state index in [1.165, 1.54) is 37.1 Å². The van der Waals surface area contributed by atoms with Crippen molar-refractivity contribution >= 4 is 11.3 Å². The van der Waals surface area contributed by atoms with Gasteiger partial charge >= 0.3 is 0 Å². The van der Waals surface area contributed by atoms with Crippen molar-refractivity contribution in [1.82, 2.24) is 10.2 Å². The number of nitrogens with one attached hydrogen (secondary N) is 1. The number of thiophene rings is 1. The van der Waals surface area contributed by atoms with Crippen molar-refractivity contribution in [2.75, 3.05) is 26.7 Å². The van der Waals surface area contributed by atoms with Crippen LogP contribution in [0.25, 0.3) is 0 Å². The van der Waals surface area contributed by atoms with E-state index in [1.54, 1.807) is 0 Å². The summed E-state index contributed by atoms with van der Waals surface area (Å²) in [7, 11) is 2.26. The molecule has 1 unspecified atom stereocenters. The van der Waals surface area contributed by atoms with Gasteiger partial charge in [-0.25, -0.2) is 0 Å². The second-order valence-electron chi connectivity index (χ2n) is 5.60. The molecule has 1 N–H and O–H groups in total. The maximum absolute atomic E-state index is 3.61. The van der Waals surface area contributed by atoms with Gasteiger partial charge in [-0.15, -0.1) is 11.3 Å². The van der Waals surface area contributed by atoms with E-state index in [2.05, 4.69) is 41.7 Å². The largest absolute Gasteiger partial charge is 0.308 e. The van der Waals surface area contributed by atoms with Crippen LogP contribution < -0.4 is 5.32 Å². The molecule has 2 rings (SSSR count). The van der Waals surface area contributed by atoms with Crippen LogP contribution in [-0.2, 0) is 0 Å². The molecule has 0 spiro atoms. The van der Waals surface area contributed by atoms with E-state index in [0.29, 0.717) is 6.04 Å². The third-order valence-electron chi connectivity index (χ3n) is 3.96. The van der Waals surface area contributed by atoms with Crippen LogP contribution in [0.2, 0.25) is 0 Å². The molecule has 3 heteroatoms. The standard InChI is InChI=1S/C15H26N2S/c1-13(15-8-5-11-18-15)16-9-10-17(2)12-14-6-3-4-7-14/h5,8,11,13-14,16H,3-4,6-7,9-10,12H2,1-2H3. The van der Waals surface area contributed by atoms with Gasteiger partial charge in [-0.3, -0.25) is 0 Å². The first kappa shape index (κ1) is 14.0. The summed E-state index contributed by atoms with van der Waals surface area (Å²) in [4.78, 5) is 3.93. The van der Waals surface area contributed by atoms with Crippen molar-refractivity contribution in [3.8, 4) is 0 Å². The topological polar surface area (TPSA) is 15.3 Å². The van der Waals surface area contributed by atoms with Crippen molar-refractivity contribution in [2.24, 2.45) is 5.92 Å². The van der Waals surface area contributed by atoms with Gasteiger partial charge in [0.05, 0.1) is 0 Å². The highest BCUT2D eigenvalue weighted by Crippen LogP contribution is 2.25. The van der Waals surface area contributed by atoms with Crippen LogP contribution in [-0.4, -0.2) is 31.6 Å². The van der Waals surface area contributed by atoms with E-state index in [1.807, 2.05) is 11.3 Å². The predicted molar refractivity (Wildman–Crippen MR) is 80.2 cm³/mol. The Hall–Kier alpha value is -0.380. The van der Waals surface area contributed by atoms with Crippen LogP contribution in [0.15, 0.2) is 17.5 Å². The molecule has 2 nitrogen and oxygen atoms in total. The molecule has 1 heterocycles. The Kier molecular flexibility index (Phi) is 5.67. The Morgan fingerprint density at radius 2 is 2.22 bits per heavy atom. The van der Waals surface area contributed by atoms with Gasteiger partial charge in [-0.1, -0.05) is 18.9 Å². The zero-order valence-electron chi connectivity index (χ0n) is 11.7. The van der Waals surface area contributed by atoms with Gasteiger partial charge in [-0.2, -0.15) is 0 Å². The number of nitrogens with zero attached hydrogens (tertiary/aromatic N) is 1. The minimum absolute atomic E-state index is 0.491. The van der Waals surface area contributed by atoms with Gasteiger partial charge in [0.2, 0.25) is 0 Å². The average Bonchev–Trinajstić information content (AvgIpc) is 3.00. The smallest absolute Gasteiger partial charge is 0.0386 e. The summed E-state index contributed by atoms with van der Waals surface area (Å²) in [5.74, 6) is 0.963. The molecule has 1 aromatic heterocycles. The molecule has 1 saturated carbocycles. The average molecular weight is 266 g/mol. The van der Waals surface area contributed by atoms with E-state index in [4.69, 9.17) is 0 Å². The number of rotatable bonds is 7. The summed E-state index contributed by atoms with van der Waals surface area (Å²) >= 11 is 1.84. The Morgan fingerprint density at radius 1 is 1.44 bits per heavy atom. The molecule has 0 aromatic carbocycles. The quantitative estimate of drug-likeness (QED) is 0.812. The summed E-state index contributed by atoms with van der Waals surface area (Å²) in [6.07, 6.45) is 5.80. The van der Waals surface area contributed by atoms with E-state index in [-0.39, 0.29) is 0 Å². The lowest BCUT2D eigenvalue weighted by atomic mass is 10.1. The number of likely N-dealkylation sites (N-methyl/N-ethyl adjacent to an activating group) is 1.